The molecule has 3 aliphatic rings. The second-order valence-corrected chi connectivity index (χ2v) is 7.65. The number of fused-ring (bicyclic) bond motifs is 3. The largest absolute Gasteiger partial charge is 0.463 e. The summed E-state index contributed by atoms with van der Waals surface area (Å²) in [5.74, 6) is 0.184. The zero-order chi connectivity index (χ0) is 12.7. The number of amidine groups is 1. The van der Waals surface area contributed by atoms with Crippen LogP contribution in [0.2, 0.25) is 0 Å². The molecule has 3 aliphatic heterocycles. The van der Waals surface area contributed by atoms with Gasteiger partial charge in [0.15, 0.2) is 5.17 Å². The molecular formula is C12H15N2O2PS. The highest BCUT2D eigenvalue weighted by atomic mass is 32.2. The number of nitrogens with zero attached hydrogens (tertiary/aromatic N) is 2. The van der Waals surface area contributed by atoms with E-state index in [2.05, 4.69) is 29.5 Å². The van der Waals surface area contributed by atoms with Crippen molar-refractivity contribution < 1.29 is 9.53 Å². The van der Waals surface area contributed by atoms with Crippen LogP contribution in [0.4, 0.5) is 0 Å². The number of carbonyl (C=O) groups excluding carboxylic acids is 1. The minimum atomic E-state index is -0.417. The zero-order valence-electron chi connectivity index (χ0n) is 10.4. The van der Waals surface area contributed by atoms with Crippen molar-refractivity contribution >= 4 is 31.0 Å². The van der Waals surface area contributed by atoms with E-state index in [1.165, 1.54) is 0 Å². The van der Waals surface area contributed by atoms with Gasteiger partial charge in [-0.1, -0.05) is 24.8 Å². The van der Waals surface area contributed by atoms with Crippen LogP contribution in [0.5, 0.6) is 0 Å². The van der Waals surface area contributed by atoms with Gasteiger partial charge in [0.2, 0.25) is 0 Å². The minimum Gasteiger partial charge on any atom is -0.463 e. The third-order valence-corrected chi connectivity index (χ3v) is 6.60. The van der Waals surface area contributed by atoms with E-state index in [-0.39, 0.29) is 5.97 Å². The molecule has 6 heteroatoms. The molecule has 0 aromatic carbocycles. The van der Waals surface area contributed by atoms with Gasteiger partial charge in [0.1, 0.15) is 0 Å². The maximum atomic E-state index is 11.9. The lowest BCUT2D eigenvalue weighted by atomic mass is 10.1. The topological polar surface area (TPSA) is 41.9 Å². The van der Waals surface area contributed by atoms with Crippen molar-refractivity contribution in [2.45, 2.75) is 31.7 Å². The molecule has 96 valence electrons. The summed E-state index contributed by atoms with van der Waals surface area (Å²) < 4.78 is 9.91. The van der Waals surface area contributed by atoms with E-state index >= 15 is 0 Å². The van der Waals surface area contributed by atoms with Crippen LogP contribution in [-0.4, -0.2) is 34.1 Å². The van der Waals surface area contributed by atoms with Gasteiger partial charge in [0, 0.05) is 31.9 Å². The van der Waals surface area contributed by atoms with Crippen molar-refractivity contribution in [3.63, 3.8) is 0 Å². The van der Waals surface area contributed by atoms with E-state index in [1.54, 1.807) is 11.8 Å². The van der Waals surface area contributed by atoms with Gasteiger partial charge in [-0.2, -0.15) is 0 Å². The van der Waals surface area contributed by atoms with E-state index in [1.807, 2.05) is 6.92 Å². The second-order valence-electron chi connectivity index (χ2n) is 4.41. The first-order valence-electron chi connectivity index (χ1n) is 6.07. The SMILES string of the molecule is CCOC(=O)C1=CC(C)P2N=C3SC=CN3C2C1. The van der Waals surface area contributed by atoms with Crippen LogP contribution < -0.4 is 0 Å². The standard InChI is InChI=1S/C12H15N2O2PS/c1-3-16-11(15)9-6-8(2)17-10(7-9)14-4-5-18-12(14)13-17/h4-6,8,10H,3,7H2,1-2H3. The zero-order valence-corrected chi connectivity index (χ0v) is 12.1. The van der Waals surface area contributed by atoms with E-state index in [4.69, 9.17) is 9.50 Å². The fourth-order valence-electron chi connectivity index (χ4n) is 2.44. The maximum Gasteiger partial charge on any atom is 0.333 e. The molecule has 3 rings (SSSR count). The van der Waals surface area contributed by atoms with Crippen LogP contribution in [0.1, 0.15) is 20.3 Å². The highest BCUT2D eigenvalue weighted by Crippen LogP contribution is 2.60. The Labute approximate surface area is 112 Å². The first kappa shape index (κ1) is 12.2. The van der Waals surface area contributed by atoms with Crippen molar-refractivity contribution in [1.82, 2.24) is 4.90 Å². The summed E-state index contributed by atoms with van der Waals surface area (Å²) in [6, 6.07) is 0. The van der Waals surface area contributed by atoms with Crippen molar-refractivity contribution in [3.8, 4) is 0 Å². The highest BCUT2D eigenvalue weighted by molar-refractivity contribution is 8.17. The first-order chi connectivity index (χ1) is 8.70. The molecular weight excluding hydrogens is 267 g/mol. The van der Waals surface area contributed by atoms with Crippen LogP contribution in [0.3, 0.4) is 0 Å². The van der Waals surface area contributed by atoms with Crippen molar-refractivity contribution in [1.29, 1.82) is 0 Å². The number of hydrogen-bond acceptors (Lipinski definition) is 5. The van der Waals surface area contributed by atoms with Crippen LogP contribution >= 0.6 is 19.8 Å². The van der Waals surface area contributed by atoms with Crippen molar-refractivity contribution in [2.24, 2.45) is 4.76 Å². The van der Waals surface area contributed by atoms with Gasteiger partial charge in [0.05, 0.1) is 12.4 Å². The molecule has 0 aromatic rings. The molecule has 3 unspecified atom stereocenters. The Balaban J connectivity index is 1.82. The molecule has 3 heterocycles. The fraction of sp³-hybridized carbons (Fsp3) is 0.500. The number of allylic oxidation sites excluding steroid dienone is 1. The van der Waals surface area contributed by atoms with Crippen molar-refractivity contribution in [3.05, 3.63) is 23.3 Å². The molecule has 0 fully saturated rings. The van der Waals surface area contributed by atoms with E-state index in [9.17, 15) is 4.79 Å². The van der Waals surface area contributed by atoms with Gasteiger partial charge in [-0.3, -0.25) is 0 Å². The number of ether oxygens (including phenoxy) is 1. The molecule has 0 saturated carbocycles. The Morgan fingerprint density at radius 2 is 2.56 bits per heavy atom. The molecule has 0 aliphatic carbocycles. The van der Waals surface area contributed by atoms with Gasteiger partial charge >= 0.3 is 5.97 Å². The summed E-state index contributed by atoms with van der Waals surface area (Å²) in [4.78, 5) is 14.1. The van der Waals surface area contributed by atoms with Gasteiger partial charge in [-0.25, -0.2) is 9.56 Å². The lowest BCUT2D eigenvalue weighted by molar-refractivity contribution is -0.138. The van der Waals surface area contributed by atoms with Gasteiger partial charge < -0.3 is 9.64 Å². The van der Waals surface area contributed by atoms with E-state index < -0.39 is 8.07 Å². The van der Waals surface area contributed by atoms with Gasteiger partial charge in [-0.15, -0.1) is 0 Å². The van der Waals surface area contributed by atoms with Gasteiger partial charge in [0.25, 0.3) is 0 Å². The maximum absolute atomic E-state index is 11.9. The Kier molecular flexibility index (Phi) is 3.20. The highest BCUT2D eigenvalue weighted by Gasteiger charge is 2.43. The van der Waals surface area contributed by atoms with Crippen LogP contribution in [0.25, 0.3) is 0 Å². The molecule has 18 heavy (non-hydrogen) atoms. The quantitative estimate of drug-likeness (QED) is 0.577. The molecule has 0 amide bonds. The van der Waals surface area contributed by atoms with Crippen molar-refractivity contribution in [2.75, 3.05) is 6.61 Å². The Morgan fingerprint density at radius 1 is 1.72 bits per heavy atom. The lowest BCUT2D eigenvalue weighted by Gasteiger charge is -2.31. The molecule has 0 aromatic heterocycles. The first-order valence-corrected chi connectivity index (χ1v) is 8.38. The van der Waals surface area contributed by atoms with Crippen LogP contribution in [0.15, 0.2) is 28.0 Å². The predicted octanol–water partition coefficient (Wildman–Crippen LogP) is 2.88. The smallest absolute Gasteiger partial charge is 0.333 e. The molecule has 0 bridgehead atoms. The molecule has 0 saturated heterocycles. The molecule has 0 spiro atoms. The molecule has 0 radical (unpaired) electrons. The summed E-state index contributed by atoms with van der Waals surface area (Å²) in [5, 5.41) is 3.15. The molecule has 0 N–H and O–H groups in total. The third kappa shape index (κ3) is 1.90. The minimum absolute atomic E-state index is 0.164. The summed E-state index contributed by atoms with van der Waals surface area (Å²) in [7, 11) is -0.417. The second kappa shape index (κ2) is 4.71. The summed E-state index contributed by atoms with van der Waals surface area (Å²) >= 11 is 1.67. The fourth-order valence-corrected chi connectivity index (χ4v) is 5.93. The average molecular weight is 282 g/mol. The number of rotatable bonds is 2. The number of thioether (sulfide) groups is 1. The summed E-state index contributed by atoms with van der Waals surface area (Å²) in [5.41, 5.74) is 1.17. The third-order valence-electron chi connectivity index (χ3n) is 3.24. The molecule has 3 atom stereocenters. The number of hydrogen-bond donors (Lipinski definition) is 0. The predicted molar refractivity (Wildman–Crippen MR) is 75.5 cm³/mol. The number of carbonyl (C=O) groups is 1. The van der Waals surface area contributed by atoms with E-state index in [0.29, 0.717) is 18.0 Å². The Morgan fingerprint density at radius 3 is 3.33 bits per heavy atom. The lowest BCUT2D eigenvalue weighted by Crippen LogP contribution is -2.31. The average Bonchev–Trinajstić information content (AvgIpc) is 2.90. The molecule has 4 nitrogen and oxygen atoms in total. The summed E-state index contributed by atoms with van der Waals surface area (Å²) in [6.45, 7) is 4.43. The van der Waals surface area contributed by atoms with Crippen LogP contribution in [-0.2, 0) is 9.53 Å². The number of esters is 1. The summed E-state index contributed by atoms with van der Waals surface area (Å²) in [6.07, 6.45) is 4.89. The van der Waals surface area contributed by atoms with Gasteiger partial charge in [-0.05, 0) is 12.3 Å². The van der Waals surface area contributed by atoms with Crippen LogP contribution in [0, 0.1) is 0 Å². The Hall–Kier alpha value is -0.800. The monoisotopic (exact) mass is 282 g/mol. The van der Waals surface area contributed by atoms with E-state index in [0.717, 1.165) is 17.2 Å². The normalized spacial score (nSPS) is 32.8. The Bertz CT molecular complexity index is 475.